The SMILES string of the molecule is O=C(NC1CCCC(F)(F)C1)c1cn2nc(Oc3ncc(Cl)cc3OCC(F)(F)F)ccc2n1.[CH3-].[CH3-].[Cs+]. The van der Waals surface area contributed by atoms with E-state index in [0.29, 0.717) is 12.8 Å². The molecule has 3 heterocycles. The summed E-state index contributed by atoms with van der Waals surface area (Å²) in [6.45, 7) is -1.58. The van der Waals surface area contributed by atoms with Gasteiger partial charge in [-0.05, 0) is 18.9 Å². The van der Waals surface area contributed by atoms with Gasteiger partial charge in [0.2, 0.25) is 11.8 Å². The number of fused-ring (bicyclic) bond motifs is 1. The van der Waals surface area contributed by atoms with E-state index in [4.69, 9.17) is 21.1 Å². The topological polar surface area (TPSA) is 90.6 Å². The molecule has 1 unspecified atom stereocenters. The molecule has 0 aliphatic heterocycles. The number of nitrogens with one attached hydrogen (secondary N) is 1. The van der Waals surface area contributed by atoms with Crippen molar-refractivity contribution in [1.29, 1.82) is 0 Å². The summed E-state index contributed by atoms with van der Waals surface area (Å²) in [6, 6.07) is 3.25. The Morgan fingerprint density at radius 1 is 1.27 bits per heavy atom. The number of halogens is 6. The molecule has 1 atom stereocenters. The Kier molecular flexibility index (Phi) is 12.6. The Labute approximate surface area is 274 Å². The van der Waals surface area contributed by atoms with Crippen molar-refractivity contribution in [2.75, 3.05) is 6.61 Å². The molecule has 1 saturated carbocycles. The fraction of sp³-hybridized carbons (Fsp3) is 0.364. The van der Waals surface area contributed by atoms with E-state index in [1.807, 2.05) is 0 Å². The van der Waals surface area contributed by atoms with E-state index < -0.39 is 37.1 Å². The normalized spacial score (nSPS) is 16.5. The number of imidazole rings is 1. The molecule has 37 heavy (non-hydrogen) atoms. The van der Waals surface area contributed by atoms with Gasteiger partial charge in [0.1, 0.15) is 5.69 Å². The van der Waals surface area contributed by atoms with Gasteiger partial charge in [-0.2, -0.15) is 13.2 Å². The van der Waals surface area contributed by atoms with Crippen LogP contribution in [0.4, 0.5) is 22.0 Å². The van der Waals surface area contributed by atoms with Crippen molar-refractivity contribution in [2.45, 2.75) is 43.8 Å². The van der Waals surface area contributed by atoms with Gasteiger partial charge in [-0.15, -0.1) is 5.10 Å². The first kappa shape index (κ1) is 33.9. The number of carbonyl (C=O) groups excluding carboxylic acids is 1. The first-order valence-corrected chi connectivity index (χ1v) is 10.4. The van der Waals surface area contributed by atoms with Crippen LogP contribution in [0.25, 0.3) is 5.65 Å². The standard InChI is InChI=1S/C20H17ClF5N5O3.2CH3.Cs/c21-11-6-14(33-10-20(24,25)26)18(27-8-11)34-16-4-3-15-29-13(9-31(15)30-16)17(32)28-12-2-1-5-19(22,23)7-12;;;/h3-4,6,8-9,12H,1-2,5,7,10H2,(H,28,32);2*1H3;/q;2*-1;+1. The number of aromatic nitrogens is 4. The molecule has 8 nitrogen and oxygen atoms in total. The summed E-state index contributed by atoms with van der Waals surface area (Å²) in [6.07, 6.45) is -2.05. The van der Waals surface area contributed by atoms with E-state index in [-0.39, 0.29) is 124 Å². The molecule has 15 heteroatoms. The second kappa shape index (κ2) is 13.8. The summed E-state index contributed by atoms with van der Waals surface area (Å²) >= 11 is 5.78. The molecule has 3 aromatic rings. The van der Waals surface area contributed by atoms with Crippen molar-refractivity contribution in [2.24, 2.45) is 0 Å². The fourth-order valence-electron chi connectivity index (χ4n) is 3.43. The Bertz CT molecular complexity index is 1210. The van der Waals surface area contributed by atoms with Crippen molar-refractivity contribution in [3.63, 3.8) is 0 Å². The van der Waals surface area contributed by atoms with E-state index in [1.54, 1.807) is 0 Å². The molecule has 4 rings (SSSR count). The quantitative estimate of drug-likeness (QED) is 0.321. The van der Waals surface area contributed by atoms with Gasteiger partial charge >= 0.3 is 75.1 Å². The largest absolute Gasteiger partial charge is 1.00 e. The van der Waals surface area contributed by atoms with Crippen molar-refractivity contribution < 1.29 is 105 Å². The monoisotopic (exact) mass is 668 g/mol. The maximum Gasteiger partial charge on any atom is 1.00 e. The number of hydrogen-bond donors (Lipinski definition) is 1. The van der Waals surface area contributed by atoms with Gasteiger partial charge in [-0.3, -0.25) is 4.79 Å². The molecule has 1 N–H and O–H groups in total. The summed E-state index contributed by atoms with van der Waals surface area (Å²) in [4.78, 5) is 20.4. The third kappa shape index (κ3) is 9.51. The van der Waals surface area contributed by atoms with Crippen LogP contribution in [0.2, 0.25) is 5.02 Å². The number of nitrogens with zero attached hydrogens (tertiary/aromatic N) is 4. The first-order valence-electron chi connectivity index (χ1n) is 10.1. The number of rotatable bonds is 6. The molecule has 1 amide bonds. The molecule has 1 aliphatic rings. The summed E-state index contributed by atoms with van der Waals surface area (Å²) in [7, 11) is 0. The van der Waals surface area contributed by atoms with Crippen molar-refractivity contribution in [3.8, 4) is 17.5 Å². The van der Waals surface area contributed by atoms with Gasteiger partial charge in [0.25, 0.3) is 11.8 Å². The smallest absolute Gasteiger partial charge is 0.478 e. The number of alkyl halides is 5. The van der Waals surface area contributed by atoms with Crippen molar-refractivity contribution in [1.82, 2.24) is 24.9 Å². The predicted molar refractivity (Wildman–Crippen MR) is 121 cm³/mol. The zero-order valence-corrected chi connectivity index (χ0v) is 27.3. The maximum absolute atomic E-state index is 13.6. The van der Waals surface area contributed by atoms with E-state index in [1.165, 1.54) is 22.8 Å². The van der Waals surface area contributed by atoms with E-state index in [9.17, 15) is 26.7 Å². The average molecular weight is 669 g/mol. The van der Waals surface area contributed by atoms with Crippen LogP contribution in [-0.2, 0) is 0 Å². The fourth-order valence-corrected chi connectivity index (χ4v) is 3.58. The molecule has 0 radical (unpaired) electrons. The minimum absolute atomic E-state index is 0. The van der Waals surface area contributed by atoms with Gasteiger partial charge in [-0.25, -0.2) is 23.3 Å². The maximum atomic E-state index is 13.6. The van der Waals surface area contributed by atoms with Gasteiger partial charge in [0, 0.05) is 37.2 Å². The Morgan fingerprint density at radius 2 is 2.00 bits per heavy atom. The van der Waals surface area contributed by atoms with Gasteiger partial charge in [-0.1, -0.05) is 11.6 Å². The molecular weight excluding hydrogens is 646 g/mol. The van der Waals surface area contributed by atoms with E-state index in [0.717, 1.165) is 12.3 Å². The summed E-state index contributed by atoms with van der Waals surface area (Å²) in [5.41, 5.74) is 0.210. The Balaban J connectivity index is 0.00000228. The predicted octanol–water partition coefficient (Wildman–Crippen LogP) is 2.72. The Hall–Kier alpha value is -1.17. The number of ether oxygens (including phenoxy) is 2. The average Bonchev–Trinajstić information content (AvgIpc) is 3.16. The molecule has 0 spiro atoms. The molecule has 0 saturated heterocycles. The summed E-state index contributed by atoms with van der Waals surface area (Å²) in [5, 5.41) is 6.69. The van der Waals surface area contributed by atoms with Crippen LogP contribution in [0.15, 0.2) is 30.6 Å². The van der Waals surface area contributed by atoms with Crippen molar-refractivity contribution in [3.05, 3.63) is 56.2 Å². The zero-order chi connectivity index (χ0) is 24.5. The van der Waals surface area contributed by atoms with Gasteiger partial charge in [0.15, 0.2) is 18.0 Å². The number of amides is 1. The summed E-state index contributed by atoms with van der Waals surface area (Å²) in [5.74, 6) is -4.19. The molecule has 0 bridgehead atoms. The van der Waals surface area contributed by atoms with Crippen LogP contribution >= 0.6 is 11.6 Å². The minimum atomic E-state index is -4.59. The minimum Gasteiger partial charge on any atom is -0.478 e. The second-order valence-electron chi connectivity index (χ2n) is 7.69. The van der Waals surface area contributed by atoms with Gasteiger partial charge in [0.05, 0.1) is 11.2 Å². The van der Waals surface area contributed by atoms with Crippen LogP contribution in [0.1, 0.15) is 36.2 Å². The number of carbonyl (C=O) groups is 1. The molecule has 198 valence electrons. The van der Waals surface area contributed by atoms with E-state index in [2.05, 4.69) is 20.4 Å². The second-order valence-corrected chi connectivity index (χ2v) is 8.12. The molecule has 1 aliphatic carbocycles. The van der Waals surface area contributed by atoms with Crippen molar-refractivity contribution >= 4 is 23.2 Å². The zero-order valence-electron chi connectivity index (χ0n) is 20.3. The summed E-state index contributed by atoms with van der Waals surface area (Å²) < 4.78 is 76.1. The molecule has 1 fully saturated rings. The van der Waals surface area contributed by atoms with Crippen LogP contribution in [-0.4, -0.2) is 50.2 Å². The third-order valence-corrected chi connectivity index (χ3v) is 5.09. The van der Waals surface area contributed by atoms with E-state index >= 15 is 0 Å². The third-order valence-electron chi connectivity index (χ3n) is 4.88. The van der Waals surface area contributed by atoms with Crippen LogP contribution in [0.3, 0.4) is 0 Å². The first-order chi connectivity index (χ1) is 16.0. The van der Waals surface area contributed by atoms with Crippen LogP contribution in [0.5, 0.6) is 17.5 Å². The Morgan fingerprint density at radius 3 is 2.68 bits per heavy atom. The molecule has 3 aromatic heterocycles. The number of pyridine rings is 1. The van der Waals surface area contributed by atoms with Crippen LogP contribution in [0, 0.1) is 14.9 Å². The number of hydrogen-bond acceptors (Lipinski definition) is 6. The molecule has 0 aromatic carbocycles. The van der Waals surface area contributed by atoms with Crippen LogP contribution < -0.4 is 83.7 Å². The van der Waals surface area contributed by atoms with Gasteiger partial charge < -0.3 is 29.6 Å². The molecular formula is C22H23ClCsF5N5O3-.